The number of hydrogen-bond acceptors (Lipinski definition) is 7. The number of hydrogen-bond donors (Lipinski definition) is 7. The molecule has 0 aromatic carbocycles. The molecule has 31 heavy (non-hydrogen) atoms. The fourth-order valence-electron chi connectivity index (χ4n) is 2.63. The molecule has 9 N–H and O–H groups in total. The van der Waals surface area contributed by atoms with Crippen molar-refractivity contribution in [2.45, 2.75) is 116 Å². The van der Waals surface area contributed by atoms with Gasteiger partial charge in [-0.05, 0) is 83.1 Å². The first-order valence-electron chi connectivity index (χ1n) is 11.8. The molecule has 0 aliphatic carbocycles. The lowest BCUT2D eigenvalue weighted by Crippen LogP contribution is -2.62. The minimum Gasteiger partial charge on any atom is -0.329 e. The number of nitrogens with one attached hydrogen (secondary N) is 5. The summed E-state index contributed by atoms with van der Waals surface area (Å²) in [6.45, 7) is 31.1. The highest BCUT2D eigenvalue weighted by Crippen LogP contribution is 2.11. The minimum atomic E-state index is -0.214. The third kappa shape index (κ3) is 16.1. The molecular formula is C24H57N7. The molecule has 0 saturated carbocycles. The van der Waals surface area contributed by atoms with E-state index in [0.717, 1.165) is 32.7 Å². The molecule has 0 saturated heterocycles. The Hall–Kier alpha value is -0.280. The highest BCUT2D eigenvalue weighted by Gasteiger charge is 2.29. The largest absolute Gasteiger partial charge is 0.329 e. The monoisotopic (exact) mass is 443 g/mol. The zero-order valence-electron chi connectivity index (χ0n) is 22.9. The van der Waals surface area contributed by atoms with E-state index in [1.165, 1.54) is 0 Å². The van der Waals surface area contributed by atoms with Gasteiger partial charge in [0.25, 0.3) is 0 Å². The molecule has 0 radical (unpaired) electrons. The Morgan fingerprint density at radius 2 is 0.645 bits per heavy atom. The summed E-state index contributed by atoms with van der Waals surface area (Å²) in [5.74, 6) is 0. The number of nitrogens with two attached hydrogens (primary N) is 2. The normalized spacial score (nSPS) is 14.9. The van der Waals surface area contributed by atoms with Crippen molar-refractivity contribution in [2.75, 3.05) is 39.3 Å². The molecule has 0 aliphatic heterocycles. The summed E-state index contributed by atoms with van der Waals surface area (Å²) < 4.78 is 0. The second kappa shape index (κ2) is 11.2. The van der Waals surface area contributed by atoms with E-state index < -0.39 is 0 Å². The molecule has 0 rings (SSSR count). The molecule has 7 heteroatoms. The van der Waals surface area contributed by atoms with Gasteiger partial charge in [-0.3, -0.25) is 0 Å². The van der Waals surface area contributed by atoms with Crippen molar-refractivity contribution >= 4 is 0 Å². The van der Waals surface area contributed by atoms with Crippen LogP contribution >= 0.6 is 0 Å². The molecule has 0 bridgehead atoms. The van der Waals surface area contributed by atoms with E-state index >= 15 is 0 Å². The van der Waals surface area contributed by atoms with E-state index in [-0.39, 0.29) is 33.2 Å². The molecule has 0 aromatic rings. The zero-order chi connectivity index (χ0) is 24.8. The summed E-state index contributed by atoms with van der Waals surface area (Å²) in [5.41, 5.74) is 11.6. The predicted octanol–water partition coefficient (Wildman–Crippen LogP) is 1.52. The van der Waals surface area contributed by atoms with Crippen molar-refractivity contribution in [3.8, 4) is 0 Å². The molecule has 0 fully saturated rings. The van der Waals surface area contributed by atoms with Crippen molar-refractivity contribution in [3.05, 3.63) is 0 Å². The maximum Gasteiger partial charge on any atom is 0.0250 e. The lowest BCUT2D eigenvalue weighted by Gasteiger charge is -2.39. The van der Waals surface area contributed by atoms with Gasteiger partial charge in [-0.15, -0.1) is 0 Å². The average Bonchev–Trinajstić information content (AvgIpc) is 2.61. The summed E-state index contributed by atoms with van der Waals surface area (Å²) in [7, 11) is 0. The molecule has 188 valence electrons. The fourth-order valence-corrected chi connectivity index (χ4v) is 2.63. The van der Waals surface area contributed by atoms with Crippen LogP contribution in [0.5, 0.6) is 0 Å². The Balaban J connectivity index is 4.54. The third-order valence-electron chi connectivity index (χ3n) is 5.57. The van der Waals surface area contributed by atoms with Crippen molar-refractivity contribution < 1.29 is 0 Å². The third-order valence-corrected chi connectivity index (χ3v) is 5.57. The van der Waals surface area contributed by atoms with Gasteiger partial charge in [-0.2, -0.15) is 0 Å². The van der Waals surface area contributed by atoms with Gasteiger partial charge in [0.1, 0.15) is 0 Å². The van der Waals surface area contributed by atoms with Crippen molar-refractivity contribution in [1.82, 2.24) is 26.6 Å². The Labute approximate surface area is 194 Å². The quantitative estimate of drug-likeness (QED) is 0.194. The first kappa shape index (κ1) is 30.7. The lowest BCUT2D eigenvalue weighted by molar-refractivity contribution is 0.239. The van der Waals surface area contributed by atoms with Crippen LogP contribution in [-0.2, 0) is 0 Å². The Kier molecular flexibility index (Phi) is 11.1. The second-order valence-electron chi connectivity index (χ2n) is 13.4. The van der Waals surface area contributed by atoms with E-state index in [4.69, 9.17) is 11.5 Å². The van der Waals surface area contributed by atoms with Crippen LogP contribution in [0.25, 0.3) is 0 Å². The lowest BCUT2D eigenvalue weighted by atomic mass is 9.96. The van der Waals surface area contributed by atoms with Crippen LogP contribution in [0, 0.1) is 0 Å². The molecular weight excluding hydrogens is 386 g/mol. The molecule has 0 atom stereocenters. The molecule has 0 heterocycles. The summed E-state index contributed by atoms with van der Waals surface area (Å²) >= 11 is 0. The molecule has 0 aromatic heterocycles. The molecule has 0 unspecified atom stereocenters. The Morgan fingerprint density at radius 3 is 0.871 bits per heavy atom. The van der Waals surface area contributed by atoms with Gasteiger partial charge < -0.3 is 38.1 Å². The van der Waals surface area contributed by atoms with Gasteiger partial charge in [0.15, 0.2) is 0 Å². The minimum absolute atomic E-state index is 0.0222. The summed E-state index contributed by atoms with van der Waals surface area (Å²) in [6, 6.07) is 0. The smallest absolute Gasteiger partial charge is 0.0250 e. The zero-order valence-corrected chi connectivity index (χ0v) is 22.9. The fraction of sp³-hybridized carbons (Fsp3) is 1.00. The summed E-state index contributed by atoms with van der Waals surface area (Å²) in [5, 5.41) is 18.3. The Bertz CT molecular complexity index is 517. The van der Waals surface area contributed by atoms with Gasteiger partial charge >= 0.3 is 0 Å². The van der Waals surface area contributed by atoms with E-state index in [0.29, 0.717) is 6.54 Å². The van der Waals surface area contributed by atoms with Crippen LogP contribution in [0.1, 0.15) is 83.1 Å². The predicted molar refractivity (Wildman–Crippen MR) is 138 cm³/mol. The van der Waals surface area contributed by atoms with Crippen molar-refractivity contribution in [2.24, 2.45) is 11.5 Å². The van der Waals surface area contributed by atoms with E-state index in [9.17, 15) is 0 Å². The Morgan fingerprint density at radius 1 is 0.419 bits per heavy atom. The van der Waals surface area contributed by atoms with E-state index in [1.54, 1.807) is 0 Å². The van der Waals surface area contributed by atoms with Gasteiger partial charge in [0.2, 0.25) is 0 Å². The van der Waals surface area contributed by atoms with Crippen molar-refractivity contribution in [3.63, 3.8) is 0 Å². The molecule has 0 spiro atoms. The molecule has 7 nitrogen and oxygen atoms in total. The first-order valence-corrected chi connectivity index (χ1v) is 11.8. The van der Waals surface area contributed by atoms with E-state index in [2.05, 4.69) is 95.8 Å². The number of rotatable bonds is 16. The average molecular weight is 444 g/mol. The van der Waals surface area contributed by atoms with Crippen LogP contribution in [0.15, 0.2) is 0 Å². The summed E-state index contributed by atoms with van der Waals surface area (Å²) in [4.78, 5) is 0. The van der Waals surface area contributed by atoms with Crippen LogP contribution in [0.2, 0.25) is 0 Å². The standard InChI is InChI=1S/C24H57N7/c1-19(2,26)14-27-21(5,6)16-29-23(9,10)18-31-24(11,12)17-30-22(7,8)15-28-20(3,4)13-25/h27-31H,13-18,25-26H2,1-12H3. The van der Waals surface area contributed by atoms with Crippen LogP contribution in [0.4, 0.5) is 0 Å². The van der Waals surface area contributed by atoms with Crippen LogP contribution in [0.3, 0.4) is 0 Å². The second-order valence-corrected chi connectivity index (χ2v) is 13.4. The highest BCUT2D eigenvalue weighted by atomic mass is 15.1. The highest BCUT2D eigenvalue weighted by molar-refractivity contribution is 4.94. The molecule has 0 aliphatic rings. The van der Waals surface area contributed by atoms with Gasteiger partial charge in [0.05, 0.1) is 0 Å². The first-order chi connectivity index (χ1) is 13.6. The van der Waals surface area contributed by atoms with Crippen LogP contribution in [-0.4, -0.2) is 72.5 Å². The maximum atomic E-state index is 6.12. The van der Waals surface area contributed by atoms with E-state index in [1.807, 2.05) is 13.8 Å². The van der Waals surface area contributed by atoms with Crippen LogP contribution < -0.4 is 38.1 Å². The topological polar surface area (TPSA) is 112 Å². The maximum absolute atomic E-state index is 6.12. The molecule has 0 amide bonds. The van der Waals surface area contributed by atoms with Gasteiger partial charge in [0, 0.05) is 72.5 Å². The van der Waals surface area contributed by atoms with Gasteiger partial charge in [-0.1, -0.05) is 0 Å². The SMILES string of the molecule is CC(C)(N)CNC(C)(C)CNC(C)(C)CNC(C)(C)CNC(C)(C)CNC(C)(C)CN. The van der Waals surface area contributed by atoms with Gasteiger partial charge in [-0.25, -0.2) is 0 Å². The van der Waals surface area contributed by atoms with Crippen molar-refractivity contribution in [1.29, 1.82) is 0 Å². The summed E-state index contributed by atoms with van der Waals surface area (Å²) in [6.07, 6.45) is 0.